The second-order valence-corrected chi connectivity index (χ2v) is 21.1. The Hall–Kier alpha value is -2.45. The first-order valence-corrected chi connectivity index (χ1v) is 19.5. The Kier molecular flexibility index (Phi) is 35.9. The Balaban J connectivity index is -0.0000000948. The molecule has 11 heteroatoms. The molecule has 0 saturated carbocycles. The standard InChI is InChI=1S/C8H14N2O.C8H17NO2S.C6H12O2.C6H14O.C6H12O.C6H14.CH4/c1-8(2,3)7(11)10-6-4-5-9;1-6-12(5,11)9-7(10)8(2,3)4;1-6(2,3)5(7)8-4;1-6(2,3)5-7-4;1-5(7)6(2,3)4;1-5-6(2,3)4;/h4,6H2,1-3H3,(H,10,11);5-6H2,1-4H3,(H,9,10,11);1-4H3;5H2,1-4H3;1-4H3;5H2,1-4H3;1H4. The third kappa shape index (κ3) is 54.3. The lowest BCUT2D eigenvalue weighted by molar-refractivity contribution is -0.149. The van der Waals surface area contributed by atoms with E-state index in [0.29, 0.717) is 29.5 Å². The Morgan fingerprint density at radius 1 is 0.692 bits per heavy atom. The zero-order chi connectivity index (χ0) is 42.9. The van der Waals surface area contributed by atoms with E-state index in [1.54, 1.807) is 41.7 Å². The fourth-order valence-electron chi connectivity index (χ4n) is 1.63. The SMILES string of the molecule is C.C=S(=O)(CC)NC(=O)C(C)(C)C.CC(=O)C(C)(C)C.CC(C)(C)C(=O)NCCC#N.CCC(C)(C)C.COC(=O)C(C)(C)C.COCC(C)(C)C. The molecule has 0 radical (unpaired) electrons. The molecule has 52 heavy (non-hydrogen) atoms. The number of ketones is 1. The molecule has 10 nitrogen and oxygen atoms in total. The first kappa shape index (κ1) is 64.5. The minimum Gasteiger partial charge on any atom is -0.469 e. The van der Waals surface area contributed by atoms with Gasteiger partial charge in [-0.05, 0) is 44.4 Å². The maximum Gasteiger partial charge on any atom is 0.310 e. The van der Waals surface area contributed by atoms with Gasteiger partial charge >= 0.3 is 5.97 Å². The van der Waals surface area contributed by atoms with Crippen LogP contribution in [0.3, 0.4) is 0 Å². The van der Waals surface area contributed by atoms with Crippen molar-refractivity contribution in [2.24, 2.45) is 32.5 Å². The van der Waals surface area contributed by atoms with Crippen molar-refractivity contribution in [3.63, 3.8) is 0 Å². The predicted octanol–water partition coefficient (Wildman–Crippen LogP) is 9.45. The van der Waals surface area contributed by atoms with E-state index in [2.05, 4.69) is 69.1 Å². The number of carbonyl (C=O) groups is 4. The largest absolute Gasteiger partial charge is 0.469 e. The molecular formula is C41H87N3O7S. The summed E-state index contributed by atoms with van der Waals surface area (Å²) < 4.78 is 23.2. The molecule has 0 rings (SSSR count). The molecule has 0 bridgehead atoms. The van der Waals surface area contributed by atoms with Gasteiger partial charge in [-0.2, -0.15) is 5.26 Å². The van der Waals surface area contributed by atoms with Crippen LogP contribution in [-0.2, 0) is 38.4 Å². The van der Waals surface area contributed by atoms with Crippen molar-refractivity contribution in [1.82, 2.24) is 10.0 Å². The molecule has 0 aliphatic carbocycles. The summed E-state index contributed by atoms with van der Waals surface area (Å²) in [5.74, 6) is 3.66. The van der Waals surface area contributed by atoms with Crippen molar-refractivity contribution < 1.29 is 32.9 Å². The highest BCUT2D eigenvalue weighted by Gasteiger charge is 2.23. The average Bonchev–Trinajstić information content (AvgIpc) is 2.91. The Morgan fingerprint density at radius 2 is 1.04 bits per heavy atom. The molecule has 0 aliphatic heterocycles. The van der Waals surface area contributed by atoms with Gasteiger partial charge in [-0.1, -0.05) is 132 Å². The molecule has 0 aromatic carbocycles. The Morgan fingerprint density at radius 3 is 1.17 bits per heavy atom. The smallest absolute Gasteiger partial charge is 0.310 e. The van der Waals surface area contributed by atoms with Crippen LogP contribution in [0.25, 0.3) is 0 Å². The van der Waals surface area contributed by atoms with E-state index in [4.69, 9.17) is 10.00 Å². The van der Waals surface area contributed by atoms with Gasteiger partial charge in [0.2, 0.25) is 11.8 Å². The van der Waals surface area contributed by atoms with Crippen LogP contribution in [0.5, 0.6) is 0 Å². The lowest BCUT2D eigenvalue weighted by Gasteiger charge is -2.19. The molecule has 0 aromatic rings. The van der Waals surface area contributed by atoms with Crippen molar-refractivity contribution >= 4 is 39.1 Å². The number of rotatable bonds is 5. The summed E-state index contributed by atoms with van der Waals surface area (Å²) in [5, 5.41) is 10.8. The molecule has 0 heterocycles. The summed E-state index contributed by atoms with van der Waals surface area (Å²) >= 11 is 0. The van der Waals surface area contributed by atoms with Crippen LogP contribution in [0.15, 0.2) is 0 Å². The molecule has 0 aliphatic rings. The van der Waals surface area contributed by atoms with Crippen LogP contribution in [0.1, 0.15) is 166 Å². The van der Waals surface area contributed by atoms with E-state index in [9.17, 15) is 23.4 Å². The van der Waals surface area contributed by atoms with Crippen LogP contribution in [-0.4, -0.2) is 66.8 Å². The average molecular weight is 766 g/mol. The van der Waals surface area contributed by atoms with E-state index in [1.165, 1.54) is 13.5 Å². The zero-order valence-electron chi connectivity index (χ0n) is 37.5. The van der Waals surface area contributed by atoms with Crippen molar-refractivity contribution in [2.75, 3.05) is 33.1 Å². The molecule has 1 unspecified atom stereocenters. The summed E-state index contributed by atoms with van der Waals surface area (Å²) in [6, 6.07) is 1.96. The van der Waals surface area contributed by atoms with Gasteiger partial charge < -0.3 is 14.8 Å². The molecular weight excluding hydrogens is 679 g/mol. The van der Waals surface area contributed by atoms with Crippen molar-refractivity contribution in [1.29, 1.82) is 5.26 Å². The Bertz CT molecular complexity index is 1110. The normalized spacial score (nSPS) is 12.3. The summed E-state index contributed by atoms with van der Waals surface area (Å²) in [5.41, 5.74) is -0.478. The van der Waals surface area contributed by atoms with Crippen LogP contribution < -0.4 is 10.0 Å². The van der Waals surface area contributed by atoms with E-state index in [0.717, 1.165) is 6.61 Å². The number of esters is 1. The van der Waals surface area contributed by atoms with E-state index >= 15 is 0 Å². The highest BCUT2D eigenvalue weighted by atomic mass is 32.2. The third-order valence-electron chi connectivity index (χ3n) is 6.12. The predicted molar refractivity (Wildman–Crippen MR) is 226 cm³/mol. The lowest BCUT2D eigenvalue weighted by atomic mass is 9.92. The van der Waals surface area contributed by atoms with Gasteiger partial charge in [-0.25, -0.2) is 4.21 Å². The van der Waals surface area contributed by atoms with Gasteiger partial charge in [0.05, 0.1) is 31.6 Å². The number of carbonyl (C=O) groups excluding carboxylic acids is 4. The van der Waals surface area contributed by atoms with E-state index in [1.807, 2.05) is 68.4 Å². The molecule has 1 atom stereocenters. The lowest BCUT2D eigenvalue weighted by Crippen LogP contribution is -2.39. The monoisotopic (exact) mass is 766 g/mol. The van der Waals surface area contributed by atoms with Crippen LogP contribution in [0, 0.1) is 43.8 Å². The van der Waals surface area contributed by atoms with Gasteiger partial charge in [0.1, 0.15) is 5.78 Å². The first-order chi connectivity index (χ1) is 22.2. The van der Waals surface area contributed by atoms with Crippen LogP contribution in [0.4, 0.5) is 0 Å². The van der Waals surface area contributed by atoms with Crippen molar-refractivity contribution in [2.45, 2.75) is 166 Å². The summed E-state index contributed by atoms with van der Waals surface area (Å²) in [6.07, 6.45) is 1.65. The van der Waals surface area contributed by atoms with Gasteiger partial charge in [0, 0.05) is 45.4 Å². The molecule has 314 valence electrons. The number of amides is 2. The zero-order valence-corrected chi connectivity index (χ0v) is 38.3. The molecule has 0 fully saturated rings. The number of nitrogens with one attached hydrogen (secondary N) is 2. The molecule has 2 N–H and O–H groups in total. The quantitative estimate of drug-likeness (QED) is 0.160. The maximum absolute atomic E-state index is 11.4. The summed E-state index contributed by atoms with van der Waals surface area (Å²) in [7, 11) is 0.722. The highest BCUT2D eigenvalue weighted by Crippen LogP contribution is 2.17. The summed E-state index contributed by atoms with van der Waals surface area (Å²) in [6.45, 7) is 42.1. The van der Waals surface area contributed by atoms with Gasteiger partial charge in [0.25, 0.3) is 0 Å². The number of hydrogen-bond donors (Lipinski definition) is 2. The van der Waals surface area contributed by atoms with Gasteiger partial charge in [-0.3, -0.25) is 23.9 Å². The molecule has 0 saturated heterocycles. The highest BCUT2D eigenvalue weighted by molar-refractivity contribution is 7.98. The second-order valence-electron chi connectivity index (χ2n) is 18.7. The molecule has 0 aromatic heterocycles. The van der Waals surface area contributed by atoms with E-state index in [-0.39, 0.29) is 47.2 Å². The molecule has 2 amide bonds. The Labute approximate surface area is 323 Å². The topological polar surface area (TPSA) is 152 Å². The number of Topliss-reactive ketones (excluding diaryl/α,β-unsaturated/α-hetero) is 1. The number of nitriles is 1. The fraction of sp³-hybridized carbons (Fsp3) is 0.854. The number of ether oxygens (including phenoxy) is 2. The number of nitrogens with zero attached hydrogens (tertiary/aromatic N) is 1. The minimum atomic E-state index is -2.40. The van der Waals surface area contributed by atoms with Gasteiger partial charge in [0.15, 0.2) is 0 Å². The third-order valence-corrected chi connectivity index (χ3v) is 7.61. The van der Waals surface area contributed by atoms with Crippen molar-refractivity contribution in [3.05, 3.63) is 0 Å². The summed E-state index contributed by atoms with van der Waals surface area (Å²) in [4.78, 5) is 43.5. The van der Waals surface area contributed by atoms with E-state index < -0.39 is 15.1 Å². The fourth-order valence-corrected chi connectivity index (χ4v) is 2.42. The maximum atomic E-state index is 11.4. The molecule has 0 spiro atoms. The first-order valence-electron chi connectivity index (χ1n) is 17.6. The van der Waals surface area contributed by atoms with Crippen LogP contribution in [0.2, 0.25) is 0 Å². The second kappa shape index (κ2) is 29.0. The van der Waals surface area contributed by atoms with Gasteiger partial charge in [-0.15, -0.1) is 0 Å². The van der Waals surface area contributed by atoms with Crippen molar-refractivity contribution in [3.8, 4) is 6.07 Å². The minimum absolute atomic E-state index is 0. The number of methoxy groups -OCH3 is 2. The number of hydrogen-bond acceptors (Lipinski definition) is 8. The van der Waals surface area contributed by atoms with Crippen LogP contribution >= 0.6 is 0 Å².